The quantitative estimate of drug-likeness (QED) is 0.716. The first-order valence-electron chi connectivity index (χ1n) is 10.7. The van der Waals surface area contributed by atoms with Crippen LogP contribution in [-0.4, -0.2) is 53.5 Å². The molecule has 29 heavy (non-hydrogen) atoms. The van der Waals surface area contributed by atoms with Crippen LogP contribution in [0.1, 0.15) is 36.3 Å². The normalized spacial score (nSPS) is 21.1. The average molecular weight is 398 g/mol. The van der Waals surface area contributed by atoms with E-state index >= 15 is 0 Å². The Morgan fingerprint density at radius 2 is 2.00 bits per heavy atom. The van der Waals surface area contributed by atoms with E-state index in [1.807, 2.05) is 36.9 Å². The zero-order chi connectivity index (χ0) is 20.2. The summed E-state index contributed by atoms with van der Waals surface area (Å²) in [4.78, 5) is 21.2. The Balaban J connectivity index is 1.19. The lowest BCUT2D eigenvalue weighted by molar-refractivity contribution is -0.128. The minimum absolute atomic E-state index is 0.257. The van der Waals surface area contributed by atoms with Crippen LogP contribution in [0.2, 0.25) is 0 Å². The molecule has 0 bridgehead atoms. The number of hydrogen-bond donors (Lipinski definition) is 0. The third kappa shape index (κ3) is 5.38. The van der Waals surface area contributed by atoms with Gasteiger partial charge in [0.25, 0.3) is 0 Å². The van der Waals surface area contributed by atoms with Crippen LogP contribution in [0, 0.1) is 25.7 Å². The number of amides is 1. The maximum Gasteiger partial charge on any atom is 0.223 e. The number of aromatic nitrogens is 1. The molecule has 2 aromatic heterocycles. The van der Waals surface area contributed by atoms with Crippen LogP contribution in [0.5, 0.6) is 5.88 Å². The Bertz CT molecular complexity index is 826. The lowest BCUT2D eigenvalue weighted by Crippen LogP contribution is -2.39. The van der Waals surface area contributed by atoms with Crippen LogP contribution < -0.4 is 4.74 Å². The molecule has 2 fully saturated rings. The Kier molecular flexibility index (Phi) is 6.19. The van der Waals surface area contributed by atoms with Crippen LogP contribution in [-0.2, 0) is 11.3 Å². The summed E-state index contributed by atoms with van der Waals surface area (Å²) in [6.45, 7) is 9.27. The molecular weight excluding hydrogens is 366 g/mol. The Morgan fingerprint density at radius 1 is 1.17 bits per heavy atom. The lowest BCUT2D eigenvalue weighted by Gasteiger charge is -2.33. The van der Waals surface area contributed by atoms with Gasteiger partial charge >= 0.3 is 0 Å². The summed E-state index contributed by atoms with van der Waals surface area (Å²) in [5.74, 6) is 3.78. The van der Waals surface area contributed by atoms with E-state index in [4.69, 9.17) is 9.15 Å². The van der Waals surface area contributed by atoms with Crippen molar-refractivity contribution in [1.82, 2.24) is 14.8 Å². The summed E-state index contributed by atoms with van der Waals surface area (Å²) in [5, 5.41) is 0. The number of furan rings is 1. The number of rotatable bonds is 7. The van der Waals surface area contributed by atoms with Gasteiger partial charge in [0.05, 0.1) is 13.2 Å². The Labute approximate surface area is 172 Å². The van der Waals surface area contributed by atoms with Gasteiger partial charge in [0, 0.05) is 37.7 Å². The molecule has 2 aliphatic heterocycles. The SMILES string of the molecule is Cc1ccnc(OCC2CC(=O)N(CC3CCN(Cc4ccc(C)o4)CC3)C2)c1. The van der Waals surface area contributed by atoms with Crippen molar-refractivity contribution in [2.75, 3.05) is 32.8 Å². The largest absolute Gasteiger partial charge is 0.477 e. The Hall–Kier alpha value is -2.34. The predicted molar refractivity (Wildman–Crippen MR) is 111 cm³/mol. The fraction of sp³-hybridized carbons (Fsp3) is 0.565. The van der Waals surface area contributed by atoms with Crippen molar-refractivity contribution in [2.24, 2.45) is 11.8 Å². The summed E-state index contributed by atoms with van der Waals surface area (Å²) in [7, 11) is 0. The van der Waals surface area contributed by atoms with Gasteiger partial charge in [0.15, 0.2) is 0 Å². The van der Waals surface area contributed by atoms with Gasteiger partial charge in [0.1, 0.15) is 11.5 Å². The topological polar surface area (TPSA) is 58.8 Å². The standard InChI is InChI=1S/C23H31N3O3/c1-17-5-8-24-22(11-17)28-16-20-12-23(27)26(14-20)13-19-6-9-25(10-7-19)15-21-4-3-18(2)29-21/h3-5,8,11,19-20H,6-7,9-10,12-16H2,1-2H3. The van der Waals surface area contributed by atoms with Crippen molar-refractivity contribution < 1.29 is 13.9 Å². The maximum absolute atomic E-state index is 12.5. The third-order valence-electron chi connectivity index (χ3n) is 6.01. The second kappa shape index (κ2) is 8.99. The van der Waals surface area contributed by atoms with Crippen LogP contribution in [0.15, 0.2) is 34.9 Å². The first kappa shape index (κ1) is 20.0. The molecule has 2 saturated heterocycles. The monoisotopic (exact) mass is 397 g/mol. The molecule has 4 rings (SSSR count). The number of aryl methyl sites for hydroxylation is 2. The molecular formula is C23H31N3O3. The zero-order valence-corrected chi connectivity index (χ0v) is 17.5. The molecule has 1 amide bonds. The zero-order valence-electron chi connectivity index (χ0n) is 17.5. The summed E-state index contributed by atoms with van der Waals surface area (Å²) in [6, 6.07) is 7.98. The molecule has 0 N–H and O–H groups in total. The van der Waals surface area contributed by atoms with E-state index in [9.17, 15) is 4.79 Å². The van der Waals surface area contributed by atoms with Gasteiger partial charge in [-0.2, -0.15) is 0 Å². The van der Waals surface area contributed by atoms with Gasteiger partial charge in [-0.25, -0.2) is 4.98 Å². The number of likely N-dealkylation sites (tertiary alicyclic amines) is 2. The summed E-state index contributed by atoms with van der Waals surface area (Å²) in [5.41, 5.74) is 1.13. The van der Waals surface area contributed by atoms with Gasteiger partial charge in [-0.05, 0) is 69.5 Å². The van der Waals surface area contributed by atoms with E-state index in [1.165, 1.54) is 0 Å². The minimum atomic E-state index is 0.257. The van der Waals surface area contributed by atoms with Crippen molar-refractivity contribution in [3.63, 3.8) is 0 Å². The van der Waals surface area contributed by atoms with Crippen LogP contribution in [0.4, 0.5) is 0 Å². The van der Waals surface area contributed by atoms with E-state index in [1.54, 1.807) is 6.20 Å². The van der Waals surface area contributed by atoms with Gasteiger partial charge < -0.3 is 14.1 Å². The summed E-state index contributed by atoms with van der Waals surface area (Å²) >= 11 is 0. The van der Waals surface area contributed by atoms with Gasteiger partial charge in [-0.1, -0.05) is 0 Å². The van der Waals surface area contributed by atoms with Gasteiger partial charge in [-0.3, -0.25) is 9.69 Å². The molecule has 0 radical (unpaired) electrons. The predicted octanol–water partition coefficient (Wildman–Crippen LogP) is 3.43. The number of nitrogens with zero attached hydrogens (tertiary/aromatic N) is 3. The summed E-state index contributed by atoms with van der Waals surface area (Å²) in [6.07, 6.45) is 4.62. The molecule has 156 valence electrons. The van der Waals surface area contributed by atoms with Crippen molar-refractivity contribution in [3.05, 3.63) is 47.5 Å². The van der Waals surface area contributed by atoms with Gasteiger partial charge in [-0.15, -0.1) is 0 Å². The van der Waals surface area contributed by atoms with E-state index < -0.39 is 0 Å². The number of hydrogen-bond acceptors (Lipinski definition) is 5. The molecule has 6 nitrogen and oxygen atoms in total. The van der Waals surface area contributed by atoms with E-state index in [0.29, 0.717) is 24.8 Å². The van der Waals surface area contributed by atoms with Crippen molar-refractivity contribution in [1.29, 1.82) is 0 Å². The second-order valence-electron chi connectivity index (χ2n) is 8.58. The van der Waals surface area contributed by atoms with Gasteiger partial charge in [0.2, 0.25) is 11.8 Å². The molecule has 6 heteroatoms. The highest BCUT2D eigenvalue weighted by Gasteiger charge is 2.32. The first-order chi connectivity index (χ1) is 14.0. The molecule has 4 heterocycles. The average Bonchev–Trinajstić information content (AvgIpc) is 3.27. The van der Waals surface area contributed by atoms with E-state index in [2.05, 4.69) is 16.0 Å². The van der Waals surface area contributed by atoms with Crippen molar-refractivity contribution in [2.45, 2.75) is 39.7 Å². The number of piperidine rings is 1. The fourth-order valence-corrected chi connectivity index (χ4v) is 4.36. The molecule has 1 atom stereocenters. The summed E-state index contributed by atoms with van der Waals surface area (Å²) < 4.78 is 11.5. The smallest absolute Gasteiger partial charge is 0.223 e. The fourth-order valence-electron chi connectivity index (χ4n) is 4.36. The van der Waals surface area contributed by atoms with Crippen LogP contribution in [0.3, 0.4) is 0 Å². The number of carbonyl (C=O) groups excluding carboxylic acids is 1. The molecule has 0 aliphatic carbocycles. The minimum Gasteiger partial charge on any atom is -0.477 e. The molecule has 0 aromatic carbocycles. The van der Waals surface area contributed by atoms with Crippen molar-refractivity contribution >= 4 is 5.91 Å². The molecule has 2 aliphatic rings. The Morgan fingerprint density at radius 3 is 2.72 bits per heavy atom. The number of carbonyl (C=O) groups is 1. The van der Waals surface area contributed by atoms with Crippen LogP contribution in [0.25, 0.3) is 0 Å². The maximum atomic E-state index is 12.5. The molecule has 0 spiro atoms. The van der Waals surface area contributed by atoms with E-state index in [0.717, 1.165) is 62.6 Å². The lowest BCUT2D eigenvalue weighted by atomic mass is 9.96. The van der Waals surface area contributed by atoms with Crippen LogP contribution >= 0.6 is 0 Å². The number of pyridine rings is 1. The second-order valence-corrected chi connectivity index (χ2v) is 8.58. The third-order valence-corrected chi connectivity index (χ3v) is 6.01. The highest BCUT2D eigenvalue weighted by Crippen LogP contribution is 2.25. The highest BCUT2D eigenvalue weighted by atomic mass is 16.5. The van der Waals surface area contributed by atoms with Crippen molar-refractivity contribution in [3.8, 4) is 5.88 Å². The highest BCUT2D eigenvalue weighted by molar-refractivity contribution is 5.78. The molecule has 2 aromatic rings. The van der Waals surface area contributed by atoms with E-state index in [-0.39, 0.29) is 11.8 Å². The molecule has 1 unspecified atom stereocenters. The number of ether oxygens (including phenoxy) is 1. The first-order valence-corrected chi connectivity index (χ1v) is 10.7. The molecule has 0 saturated carbocycles.